The summed E-state index contributed by atoms with van der Waals surface area (Å²) in [6, 6.07) is 1.97. The van der Waals surface area contributed by atoms with Crippen LogP contribution in [-0.4, -0.2) is 29.7 Å². The highest BCUT2D eigenvalue weighted by atomic mass is 32.2. The van der Waals surface area contributed by atoms with E-state index < -0.39 is 0 Å². The second-order valence-electron chi connectivity index (χ2n) is 2.97. The molecule has 0 aliphatic carbocycles. The molecule has 0 amide bonds. The lowest BCUT2D eigenvalue weighted by Gasteiger charge is -2.09. The molecule has 14 heavy (non-hydrogen) atoms. The number of hydrogen-bond acceptors (Lipinski definition) is 4. The van der Waals surface area contributed by atoms with Crippen LogP contribution in [0.15, 0.2) is 16.8 Å². The molecule has 2 nitrogen and oxygen atoms in total. The number of nitrogens with one attached hydrogen (secondary N) is 1. The molecule has 1 aromatic rings. The molecular weight excluding hydrogens is 214 g/mol. The molecule has 0 saturated heterocycles. The Balaban J connectivity index is 2.07. The monoisotopic (exact) mass is 231 g/mol. The topological polar surface area (TPSA) is 32.3 Å². The lowest BCUT2D eigenvalue weighted by atomic mass is 10.2. The molecule has 0 aromatic carbocycles. The number of hydrogen-bond donors (Lipinski definition) is 2. The van der Waals surface area contributed by atoms with Crippen molar-refractivity contribution in [3.8, 4) is 0 Å². The molecule has 1 unspecified atom stereocenters. The molecule has 0 aliphatic heterocycles. The van der Waals surface area contributed by atoms with E-state index in [1.54, 1.807) is 11.3 Å². The zero-order valence-corrected chi connectivity index (χ0v) is 10.0. The minimum Gasteiger partial charge on any atom is -0.387 e. The van der Waals surface area contributed by atoms with Gasteiger partial charge in [-0.05, 0) is 28.1 Å². The smallest absolute Gasteiger partial charge is 0.0922 e. The first-order chi connectivity index (χ1) is 6.84. The Hall–Kier alpha value is -0.0300. The average molecular weight is 231 g/mol. The average Bonchev–Trinajstić information content (AvgIpc) is 2.70. The molecule has 1 heterocycles. The van der Waals surface area contributed by atoms with E-state index in [0.29, 0.717) is 6.54 Å². The van der Waals surface area contributed by atoms with Gasteiger partial charge in [0.1, 0.15) is 0 Å². The summed E-state index contributed by atoms with van der Waals surface area (Å²) < 4.78 is 0. The predicted molar refractivity (Wildman–Crippen MR) is 65.1 cm³/mol. The fourth-order valence-corrected chi connectivity index (χ4v) is 2.39. The van der Waals surface area contributed by atoms with Crippen molar-refractivity contribution in [1.29, 1.82) is 0 Å². The molecule has 0 saturated carbocycles. The molecular formula is C10H17NOS2. The van der Waals surface area contributed by atoms with Gasteiger partial charge in [0.05, 0.1) is 6.10 Å². The Morgan fingerprint density at radius 2 is 2.50 bits per heavy atom. The molecule has 2 N–H and O–H groups in total. The van der Waals surface area contributed by atoms with Gasteiger partial charge in [0.15, 0.2) is 0 Å². The van der Waals surface area contributed by atoms with E-state index in [-0.39, 0.29) is 6.10 Å². The largest absolute Gasteiger partial charge is 0.387 e. The van der Waals surface area contributed by atoms with E-state index >= 15 is 0 Å². The van der Waals surface area contributed by atoms with Crippen LogP contribution < -0.4 is 5.32 Å². The first-order valence-electron chi connectivity index (χ1n) is 4.83. The normalized spacial score (nSPS) is 13.0. The number of aliphatic hydroxyl groups excluding tert-OH is 1. The minimum absolute atomic E-state index is 0.354. The number of thiophene rings is 1. The van der Waals surface area contributed by atoms with Crippen LogP contribution in [0.1, 0.15) is 18.6 Å². The Labute approximate surface area is 93.7 Å². The number of thioether (sulfide) groups is 1. The SMILES string of the molecule is CCSCCNCC(O)c1ccsc1. The quantitative estimate of drug-likeness (QED) is 0.705. The maximum absolute atomic E-state index is 9.70. The van der Waals surface area contributed by atoms with Crippen molar-refractivity contribution in [2.45, 2.75) is 13.0 Å². The van der Waals surface area contributed by atoms with Crippen LogP contribution in [0, 0.1) is 0 Å². The molecule has 0 bridgehead atoms. The lowest BCUT2D eigenvalue weighted by Crippen LogP contribution is -2.23. The molecule has 1 rings (SSSR count). The summed E-state index contributed by atoms with van der Waals surface area (Å²) in [4.78, 5) is 0. The van der Waals surface area contributed by atoms with E-state index in [1.807, 2.05) is 28.6 Å². The molecule has 4 heteroatoms. The maximum Gasteiger partial charge on any atom is 0.0922 e. The zero-order chi connectivity index (χ0) is 10.2. The second-order valence-corrected chi connectivity index (χ2v) is 5.15. The molecule has 0 spiro atoms. The fourth-order valence-electron chi connectivity index (χ4n) is 1.11. The lowest BCUT2D eigenvalue weighted by molar-refractivity contribution is 0.176. The molecule has 0 fully saturated rings. The highest BCUT2D eigenvalue weighted by molar-refractivity contribution is 7.99. The van der Waals surface area contributed by atoms with E-state index in [1.165, 1.54) is 0 Å². The van der Waals surface area contributed by atoms with Gasteiger partial charge in [0.2, 0.25) is 0 Å². The zero-order valence-electron chi connectivity index (χ0n) is 8.40. The number of aliphatic hydroxyl groups is 1. The number of rotatable bonds is 7. The highest BCUT2D eigenvalue weighted by Gasteiger charge is 2.05. The van der Waals surface area contributed by atoms with Crippen LogP contribution in [0.5, 0.6) is 0 Å². The fraction of sp³-hybridized carbons (Fsp3) is 0.600. The summed E-state index contributed by atoms with van der Waals surface area (Å²) >= 11 is 3.54. The van der Waals surface area contributed by atoms with Crippen LogP contribution >= 0.6 is 23.1 Å². The van der Waals surface area contributed by atoms with Crippen molar-refractivity contribution >= 4 is 23.1 Å². The Morgan fingerprint density at radius 3 is 3.14 bits per heavy atom. The van der Waals surface area contributed by atoms with Crippen molar-refractivity contribution in [2.75, 3.05) is 24.6 Å². The third kappa shape index (κ3) is 4.46. The van der Waals surface area contributed by atoms with Crippen molar-refractivity contribution < 1.29 is 5.11 Å². The summed E-state index contributed by atoms with van der Waals surface area (Å²) in [5.41, 5.74) is 1.02. The Bertz CT molecular complexity index is 226. The predicted octanol–water partition coefficient (Wildman–Crippen LogP) is 2.12. The van der Waals surface area contributed by atoms with E-state index in [2.05, 4.69) is 12.2 Å². The van der Waals surface area contributed by atoms with Gasteiger partial charge < -0.3 is 10.4 Å². The summed E-state index contributed by atoms with van der Waals surface area (Å²) in [6.45, 7) is 3.78. The molecule has 80 valence electrons. The van der Waals surface area contributed by atoms with Gasteiger partial charge in [0, 0.05) is 18.8 Å². The summed E-state index contributed by atoms with van der Waals surface area (Å²) in [5.74, 6) is 2.28. The first kappa shape index (κ1) is 12.0. The molecule has 0 radical (unpaired) electrons. The van der Waals surface area contributed by atoms with Gasteiger partial charge in [-0.25, -0.2) is 0 Å². The highest BCUT2D eigenvalue weighted by Crippen LogP contribution is 2.14. The van der Waals surface area contributed by atoms with Crippen LogP contribution in [0.2, 0.25) is 0 Å². The van der Waals surface area contributed by atoms with E-state index in [4.69, 9.17) is 0 Å². The maximum atomic E-state index is 9.70. The van der Waals surface area contributed by atoms with Gasteiger partial charge >= 0.3 is 0 Å². The minimum atomic E-state index is -0.354. The third-order valence-corrected chi connectivity index (χ3v) is 3.50. The summed E-state index contributed by atoms with van der Waals surface area (Å²) in [5, 5.41) is 16.9. The second kappa shape index (κ2) is 7.29. The first-order valence-corrected chi connectivity index (χ1v) is 6.93. The summed E-state index contributed by atoms with van der Waals surface area (Å²) in [6.07, 6.45) is -0.354. The molecule has 1 atom stereocenters. The van der Waals surface area contributed by atoms with Crippen molar-refractivity contribution in [3.05, 3.63) is 22.4 Å². The van der Waals surface area contributed by atoms with Gasteiger partial charge in [-0.15, -0.1) is 0 Å². The summed E-state index contributed by atoms with van der Waals surface area (Å²) in [7, 11) is 0. The van der Waals surface area contributed by atoms with Gasteiger partial charge in [-0.1, -0.05) is 6.92 Å². The van der Waals surface area contributed by atoms with Gasteiger partial charge in [-0.2, -0.15) is 23.1 Å². The molecule has 1 aromatic heterocycles. The Kier molecular flexibility index (Phi) is 6.27. The van der Waals surface area contributed by atoms with Gasteiger partial charge in [0.25, 0.3) is 0 Å². The van der Waals surface area contributed by atoms with Crippen molar-refractivity contribution in [3.63, 3.8) is 0 Å². The molecule has 0 aliphatic rings. The van der Waals surface area contributed by atoms with Crippen LogP contribution in [0.3, 0.4) is 0 Å². The van der Waals surface area contributed by atoms with Crippen LogP contribution in [0.25, 0.3) is 0 Å². The third-order valence-electron chi connectivity index (χ3n) is 1.89. The van der Waals surface area contributed by atoms with Gasteiger partial charge in [-0.3, -0.25) is 0 Å². The standard InChI is InChI=1S/C10H17NOS2/c1-2-13-6-4-11-7-10(12)9-3-5-14-8-9/h3,5,8,10-12H,2,4,6-7H2,1H3. The Morgan fingerprint density at radius 1 is 1.64 bits per heavy atom. The van der Waals surface area contributed by atoms with Crippen LogP contribution in [0.4, 0.5) is 0 Å². The van der Waals surface area contributed by atoms with Crippen LogP contribution in [-0.2, 0) is 0 Å². The van der Waals surface area contributed by atoms with E-state index in [0.717, 1.165) is 23.6 Å². The van der Waals surface area contributed by atoms with Crippen molar-refractivity contribution in [1.82, 2.24) is 5.32 Å². The van der Waals surface area contributed by atoms with Crippen molar-refractivity contribution in [2.24, 2.45) is 0 Å². The van der Waals surface area contributed by atoms with E-state index in [9.17, 15) is 5.11 Å².